The van der Waals surface area contributed by atoms with Crippen LogP contribution in [0.2, 0.25) is 0 Å². The summed E-state index contributed by atoms with van der Waals surface area (Å²) in [5, 5.41) is 2.07. The summed E-state index contributed by atoms with van der Waals surface area (Å²) in [6.45, 7) is 7.40. The predicted octanol–water partition coefficient (Wildman–Crippen LogP) is 2.36. The van der Waals surface area contributed by atoms with Crippen LogP contribution < -0.4 is 15.8 Å². The fraction of sp³-hybridized carbons (Fsp3) is 0.455. The van der Waals surface area contributed by atoms with Crippen molar-refractivity contribution < 1.29 is 17.8 Å². The van der Waals surface area contributed by atoms with Crippen molar-refractivity contribution in [2.75, 3.05) is 11.9 Å². The van der Waals surface area contributed by atoms with Crippen molar-refractivity contribution in [3.63, 3.8) is 0 Å². The molecule has 2 aromatic rings. The van der Waals surface area contributed by atoms with Crippen LogP contribution in [0.4, 0.5) is 14.6 Å². The Labute approximate surface area is 192 Å². The van der Waals surface area contributed by atoms with Gasteiger partial charge in [0.05, 0.1) is 16.2 Å². The Morgan fingerprint density at radius 1 is 1.30 bits per heavy atom. The molecule has 2 aliphatic rings. The molecule has 2 atom stereocenters. The smallest absolute Gasteiger partial charge is 0.275 e. The third-order valence-electron chi connectivity index (χ3n) is 6.73. The number of aromatic nitrogens is 2. The van der Waals surface area contributed by atoms with Crippen molar-refractivity contribution in [2.24, 2.45) is 10.7 Å². The maximum atomic E-state index is 15.1. The first kappa shape index (κ1) is 23.4. The number of hydrogen-bond donors (Lipinski definition) is 4. The number of fused-ring (bicyclic) bond motifs is 1. The summed E-state index contributed by atoms with van der Waals surface area (Å²) < 4.78 is 44.9. The molecule has 0 saturated carbocycles. The number of amidine groups is 1. The van der Waals surface area contributed by atoms with Crippen LogP contribution in [0.3, 0.4) is 0 Å². The first-order valence-corrected chi connectivity index (χ1v) is 12.5. The van der Waals surface area contributed by atoms with E-state index in [1.54, 1.807) is 27.7 Å². The van der Waals surface area contributed by atoms with E-state index in [1.807, 2.05) is 0 Å². The van der Waals surface area contributed by atoms with E-state index >= 15 is 4.39 Å². The van der Waals surface area contributed by atoms with E-state index in [4.69, 9.17) is 5.73 Å². The molecule has 0 aliphatic carbocycles. The number of amides is 1. The Kier molecular flexibility index (Phi) is 5.60. The largest absolute Gasteiger partial charge is 0.386 e. The second-order valence-corrected chi connectivity index (χ2v) is 12.6. The van der Waals surface area contributed by atoms with E-state index in [0.717, 1.165) is 12.6 Å². The molecular formula is C22H28F2N6O2S. The molecule has 4 rings (SSSR count). The van der Waals surface area contributed by atoms with Crippen LogP contribution in [0.5, 0.6) is 0 Å². The number of aryl methyl sites for hydroxylation is 1. The van der Waals surface area contributed by atoms with Gasteiger partial charge >= 0.3 is 0 Å². The fourth-order valence-electron chi connectivity index (χ4n) is 4.72. The monoisotopic (exact) mass is 478 g/mol. The second-order valence-electron chi connectivity index (χ2n) is 9.23. The fourth-order valence-corrected chi connectivity index (χ4v) is 8.43. The normalized spacial score (nSPS) is 26.6. The second kappa shape index (κ2) is 7.91. The molecule has 2 aliphatic heterocycles. The molecule has 8 nitrogen and oxygen atoms in total. The number of carbonyl (C=O) groups excluding carboxylic acids is 1. The molecule has 0 aromatic carbocycles. The number of nitrogens with two attached hydrogens (primary N) is 1. The summed E-state index contributed by atoms with van der Waals surface area (Å²) in [6.07, 6.45) is 2.27. The van der Waals surface area contributed by atoms with Gasteiger partial charge in [0.15, 0.2) is 0 Å². The lowest BCUT2D eigenvalue weighted by molar-refractivity contribution is 0.102. The van der Waals surface area contributed by atoms with E-state index in [-0.39, 0.29) is 23.0 Å². The number of rotatable bonds is 3. The Morgan fingerprint density at radius 2 is 2.03 bits per heavy atom. The summed E-state index contributed by atoms with van der Waals surface area (Å²) in [4.78, 5) is 25.5. The van der Waals surface area contributed by atoms with Crippen LogP contribution in [0, 0.1) is 18.6 Å². The molecule has 11 heteroatoms. The Morgan fingerprint density at radius 3 is 2.73 bits per heavy atom. The van der Waals surface area contributed by atoms with E-state index < -0.39 is 43.2 Å². The molecule has 4 N–H and O–H groups in total. The number of nitrogens with zero attached hydrogens (tertiary/aromatic N) is 3. The number of aliphatic imine (C=N–C) groups is 1. The SMILES string of the molecule is Cc1cc(F)cnc1C(=O)Nc1ccc(F)c([C@@]2(C)N=C(N)C(C)(C)[SH]3(=O)NCCC[C@@H]23)n1. The molecule has 0 radical (unpaired) electrons. The number of anilines is 1. The molecule has 1 amide bonds. The average molecular weight is 479 g/mol. The van der Waals surface area contributed by atoms with Gasteiger partial charge in [0, 0.05) is 6.54 Å². The highest BCUT2D eigenvalue weighted by Gasteiger charge is 2.57. The highest BCUT2D eigenvalue weighted by Crippen LogP contribution is 2.48. The van der Waals surface area contributed by atoms with E-state index in [2.05, 4.69) is 25.0 Å². The minimum absolute atomic E-state index is 0.0259. The van der Waals surface area contributed by atoms with Gasteiger partial charge in [0.1, 0.15) is 40.2 Å². The van der Waals surface area contributed by atoms with Crippen LogP contribution in [0.1, 0.15) is 55.4 Å². The van der Waals surface area contributed by atoms with E-state index in [0.29, 0.717) is 18.5 Å². The number of nitrogens with one attached hydrogen (secondary N) is 2. The molecule has 2 aromatic heterocycles. The summed E-state index contributed by atoms with van der Waals surface area (Å²) in [7, 11) is -3.13. The first-order valence-electron chi connectivity index (χ1n) is 10.7. The molecule has 1 saturated heterocycles. The standard InChI is InChI=1S/C22H28F2N6O2S/c1-12-10-13(23)11-26-17(12)19(31)29-16-8-7-14(24)18(28-16)22(4)15-6-5-9-27-33(15,32)21(2,3)20(25)30-22/h7-8,10-11,15,33H,5-6,9H2,1-4H3,(H2,25,30)(H,27,32)(H,28,29,31)/t15-,22-/m0/s1. The third-order valence-corrected chi connectivity index (χ3v) is 10.9. The zero-order chi connectivity index (χ0) is 24.2. The van der Waals surface area contributed by atoms with E-state index in [1.165, 1.54) is 18.2 Å². The summed E-state index contributed by atoms with van der Waals surface area (Å²) in [5.74, 6) is -1.57. The lowest BCUT2D eigenvalue weighted by Crippen LogP contribution is -2.69. The Balaban J connectivity index is 1.76. The number of pyridine rings is 2. The van der Waals surface area contributed by atoms with Crippen LogP contribution in [-0.2, 0) is 15.7 Å². The Bertz CT molecular complexity index is 1220. The maximum Gasteiger partial charge on any atom is 0.275 e. The number of carbonyl (C=O) groups is 1. The predicted molar refractivity (Wildman–Crippen MR) is 125 cm³/mol. The average Bonchev–Trinajstić information content (AvgIpc) is 2.74. The minimum Gasteiger partial charge on any atom is -0.386 e. The molecular weight excluding hydrogens is 450 g/mol. The van der Waals surface area contributed by atoms with Gasteiger partial charge < -0.3 is 11.1 Å². The van der Waals surface area contributed by atoms with Gasteiger partial charge in [-0.2, -0.15) is 0 Å². The number of hydrogen-bond acceptors (Lipinski definition) is 6. The molecule has 4 heterocycles. The van der Waals surface area contributed by atoms with Crippen molar-refractivity contribution in [2.45, 2.75) is 56.1 Å². The van der Waals surface area contributed by atoms with Gasteiger partial charge in [0.2, 0.25) is 0 Å². The van der Waals surface area contributed by atoms with Gasteiger partial charge in [-0.15, -0.1) is 0 Å². The summed E-state index contributed by atoms with van der Waals surface area (Å²) >= 11 is 0. The maximum absolute atomic E-state index is 15.1. The van der Waals surface area contributed by atoms with Crippen LogP contribution >= 0.6 is 0 Å². The molecule has 0 bridgehead atoms. The number of halogens is 2. The summed E-state index contributed by atoms with van der Waals surface area (Å²) in [6, 6.07) is 3.69. The zero-order valence-corrected chi connectivity index (χ0v) is 19.8. The highest BCUT2D eigenvalue weighted by atomic mass is 32.3. The molecule has 1 fully saturated rings. The lowest BCUT2D eigenvalue weighted by Gasteiger charge is -2.55. The van der Waals surface area contributed by atoms with Crippen LogP contribution in [0.25, 0.3) is 0 Å². The van der Waals surface area contributed by atoms with Crippen molar-refractivity contribution >= 4 is 27.7 Å². The quantitative estimate of drug-likeness (QED) is 0.505. The molecule has 33 heavy (non-hydrogen) atoms. The molecule has 0 unspecified atom stereocenters. The van der Waals surface area contributed by atoms with Crippen LogP contribution in [0.15, 0.2) is 29.4 Å². The third kappa shape index (κ3) is 3.63. The van der Waals surface area contributed by atoms with Crippen molar-refractivity contribution in [3.8, 4) is 0 Å². The number of thiol groups is 1. The minimum atomic E-state index is -3.13. The Hall–Kier alpha value is -2.79. The van der Waals surface area contributed by atoms with Crippen LogP contribution in [-0.4, -0.2) is 42.5 Å². The van der Waals surface area contributed by atoms with Gasteiger partial charge in [-0.1, -0.05) is 0 Å². The zero-order valence-electron chi connectivity index (χ0n) is 18.9. The summed E-state index contributed by atoms with van der Waals surface area (Å²) in [5.41, 5.74) is 5.31. The van der Waals surface area contributed by atoms with Gasteiger partial charge in [-0.25, -0.2) is 18.7 Å². The van der Waals surface area contributed by atoms with Gasteiger partial charge in [-0.05, 0) is 74.4 Å². The lowest BCUT2D eigenvalue weighted by atomic mass is 9.89. The highest BCUT2D eigenvalue weighted by molar-refractivity contribution is 8.04. The first-order chi connectivity index (χ1) is 15.4. The van der Waals surface area contributed by atoms with E-state index in [9.17, 15) is 13.4 Å². The van der Waals surface area contributed by atoms with Crippen molar-refractivity contribution in [1.82, 2.24) is 14.7 Å². The topological polar surface area (TPSA) is 122 Å². The molecule has 178 valence electrons. The molecule has 0 spiro atoms. The van der Waals surface area contributed by atoms with Crippen molar-refractivity contribution in [1.29, 1.82) is 0 Å². The van der Waals surface area contributed by atoms with Crippen molar-refractivity contribution in [3.05, 3.63) is 53.0 Å². The van der Waals surface area contributed by atoms with Gasteiger partial charge in [-0.3, -0.25) is 18.7 Å². The van der Waals surface area contributed by atoms with Gasteiger partial charge in [0.25, 0.3) is 5.91 Å².